The fourth-order valence-electron chi connectivity index (χ4n) is 3.84. The lowest BCUT2D eigenvalue weighted by Crippen LogP contribution is -2.26. The van der Waals surface area contributed by atoms with Crippen LogP contribution in [0.1, 0.15) is 56.7 Å². The number of carbonyl (C=O) groups excluding carboxylic acids is 2. The number of hydrogen-bond donors (Lipinski definition) is 2. The number of aromatic carboxylic acids is 1. The van der Waals surface area contributed by atoms with E-state index in [2.05, 4.69) is 10.3 Å². The first-order valence-corrected chi connectivity index (χ1v) is 11.8. The second kappa shape index (κ2) is 10.0. The van der Waals surface area contributed by atoms with Gasteiger partial charge in [-0.25, -0.2) is 14.6 Å². The molecular weight excluding hydrogens is 456 g/mol. The molecule has 1 aliphatic rings. The zero-order valence-electron chi connectivity index (χ0n) is 18.8. The standard InChI is InChI=1S/C25H24N2O6S/c1-3-4-9-26-23(28)19-6-5-15(21(27-19)25(31)32-2)16-13-20-18(12-17(16)24(29)30)22-14(7-10-33-20)8-11-34-22/h5-6,8,11-13H,3-4,7,9-10H2,1-2H3,(H,26,28)(H,29,30). The highest BCUT2D eigenvalue weighted by Crippen LogP contribution is 2.43. The predicted octanol–water partition coefficient (Wildman–Crippen LogP) is 4.43. The van der Waals surface area contributed by atoms with Gasteiger partial charge in [0.1, 0.15) is 11.4 Å². The average molecular weight is 481 g/mol. The molecule has 0 spiro atoms. The summed E-state index contributed by atoms with van der Waals surface area (Å²) < 4.78 is 10.8. The van der Waals surface area contributed by atoms with E-state index >= 15 is 0 Å². The number of ether oxygens (including phenoxy) is 2. The van der Waals surface area contributed by atoms with E-state index < -0.39 is 17.8 Å². The van der Waals surface area contributed by atoms with Crippen molar-refractivity contribution in [2.45, 2.75) is 26.2 Å². The van der Waals surface area contributed by atoms with Gasteiger partial charge in [-0.15, -0.1) is 11.3 Å². The Morgan fingerprint density at radius 3 is 2.74 bits per heavy atom. The Bertz CT molecular complexity index is 1270. The number of amides is 1. The van der Waals surface area contributed by atoms with Crippen molar-refractivity contribution in [2.24, 2.45) is 0 Å². The Kier molecular flexibility index (Phi) is 6.93. The van der Waals surface area contributed by atoms with Gasteiger partial charge in [0, 0.05) is 34.5 Å². The quantitative estimate of drug-likeness (QED) is 0.380. The first-order chi connectivity index (χ1) is 16.4. The van der Waals surface area contributed by atoms with Crippen molar-refractivity contribution in [1.82, 2.24) is 10.3 Å². The van der Waals surface area contributed by atoms with Crippen molar-refractivity contribution in [1.29, 1.82) is 0 Å². The summed E-state index contributed by atoms with van der Waals surface area (Å²) in [6, 6.07) is 8.20. The topological polar surface area (TPSA) is 115 Å². The molecule has 34 heavy (non-hydrogen) atoms. The molecule has 4 rings (SSSR count). The molecule has 0 radical (unpaired) electrons. The van der Waals surface area contributed by atoms with Crippen LogP contribution in [0.25, 0.3) is 21.6 Å². The number of methoxy groups -OCH3 is 1. The lowest BCUT2D eigenvalue weighted by Gasteiger charge is -2.15. The molecule has 0 atom stereocenters. The van der Waals surface area contributed by atoms with E-state index in [-0.39, 0.29) is 28.1 Å². The molecule has 0 fully saturated rings. The number of carboxylic acids is 1. The maximum atomic E-state index is 12.6. The average Bonchev–Trinajstić information content (AvgIpc) is 3.24. The number of aromatic nitrogens is 1. The number of nitrogens with zero attached hydrogens (tertiary/aromatic N) is 1. The molecule has 0 saturated carbocycles. The van der Waals surface area contributed by atoms with Crippen LogP contribution in [-0.4, -0.2) is 48.2 Å². The molecule has 2 aromatic heterocycles. The third kappa shape index (κ3) is 4.51. The molecule has 1 aliphatic heterocycles. The fourth-order valence-corrected chi connectivity index (χ4v) is 4.82. The smallest absolute Gasteiger partial charge is 0.357 e. The van der Waals surface area contributed by atoms with Crippen LogP contribution < -0.4 is 10.1 Å². The van der Waals surface area contributed by atoms with Crippen LogP contribution in [0.4, 0.5) is 0 Å². The largest absolute Gasteiger partial charge is 0.493 e. The number of esters is 1. The van der Waals surface area contributed by atoms with Gasteiger partial charge in [0.15, 0.2) is 5.69 Å². The van der Waals surface area contributed by atoms with Crippen molar-refractivity contribution in [3.05, 3.63) is 58.2 Å². The molecule has 0 unspecified atom stereocenters. The minimum atomic E-state index is -1.16. The van der Waals surface area contributed by atoms with Crippen LogP contribution in [-0.2, 0) is 11.2 Å². The Hall–Kier alpha value is -3.72. The maximum absolute atomic E-state index is 12.6. The highest BCUT2D eigenvalue weighted by atomic mass is 32.1. The summed E-state index contributed by atoms with van der Waals surface area (Å²) in [5.41, 5.74) is 2.21. The minimum Gasteiger partial charge on any atom is -0.493 e. The summed E-state index contributed by atoms with van der Waals surface area (Å²) in [6.45, 7) is 2.95. The number of rotatable bonds is 7. The molecule has 9 heteroatoms. The van der Waals surface area contributed by atoms with Gasteiger partial charge in [-0.1, -0.05) is 13.3 Å². The Labute approximate surface area is 200 Å². The molecule has 1 aromatic carbocycles. The van der Waals surface area contributed by atoms with Gasteiger partial charge in [-0.05, 0) is 47.7 Å². The molecule has 8 nitrogen and oxygen atoms in total. The molecule has 3 aromatic rings. The summed E-state index contributed by atoms with van der Waals surface area (Å²) in [4.78, 5) is 42.5. The number of unbranched alkanes of at least 4 members (excludes halogenated alkanes) is 1. The first kappa shape index (κ1) is 23.4. The van der Waals surface area contributed by atoms with Gasteiger partial charge in [0.05, 0.1) is 19.3 Å². The highest BCUT2D eigenvalue weighted by Gasteiger charge is 2.26. The van der Waals surface area contributed by atoms with Crippen LogP contribution in [0.5, 0.6) is 5.75 Å². The number of nitrogens with one attached hydrogen (secondary N) is 1. The predicted molar refractivity (Wildman–Crippen MR) is 128 cm³/mol. The van der Waals surface area contributed by atoms with Gasteiger partial charge in [-0.2, -0.15) is 0 Å². The molecule has 3 heterocycles. The van der Waals surface area contributed by atoms with Crippen LogP contribution in [0.2, 0.25) is 0 Å². The van der Waals surface area contributed by atoms with Crippen LogP contribution in [0.3, 0.4) is 0 Å². The summed E-state index contributed by atoms with van der Waals surface area (Å²) in [5.74, 6) is -1.82. The van der Waals surface area contributed by atoms with Gasteiger partial charge in [0.25, 0.3) is 5.91 Å². The normalized spacial score (nSPS) is 12.1. The first-order valence-electron chi connectivity index (χ1n) is 10.9. The van der Waals surface area contributed by atoms with E-state index in [1.165, 1.54) is 30.6 Å². The zero-order valence-corrected chi connectivity index (χ0v) is 19.7. The second-order valence-electron chi connectivity index (χ2n) is 7.77. The molecule has 176 valence electrons. The van der Waals surface area contributed by atoms with E-state index in [1.807, 2.05) is 18.4 Å². The van der Waals surface area contributed by atoms with Gasteiger partial charge >= 0.3 is 11.9 Å². The van der Waals surface area contributed by atoms with Gasteiger partial charge in [0.2, 0.25) is 0 Å². The zero-order chi connectivity index (χ0) is 24.2. The van der Waals surface area contributed by atoms with E-state index in [4.69, 9.17) is 9.47 Å². The summed E-state index contributed by atoms with van der Waals surface area (Å²) >= 11 is 1.52. The third-order valence-electron chi connectivity index (χ3n) is 5.58. The number of thiophene rings is 1. The number of carbonyl (C=O) groups is 3. The molecule has 2 N–H and O–H groups in total. The Morgan fingerprint density at radius 2 is 2.00 bits per heavy atom. The van der Waals surface area contributed by atoms with E-state index in [9.17, 15) is 19.5 Å². The van der Waals surface area contributed by atoms with E-state index in [1.54, 1.807) is 12.1 Å². The van der Waals surface area contributed by atoms with Crippen molar-refractivity contribution >= 4 is 29.2 Å². The van der Waals surface area contributed by atoms with Gasteiger partial charge in [-0.3, -0.25) is 4.79 Å². The molecular formula is C25H24N2O6S. The highest BCUT2D eigenvalue weighted by molar-refractivity contribution is 7.13. The summed E-state index contributed by atoms with van der Waals surface area (Å²) in [6.07, 6.45) is 2.45. The second-order valence-corrected chi connectivity index (χ2v) is 8.68. The van der Waals surface area contributed by atoms with E-state index in [0.717, 1.165) is 23.3 Å². The number of fused-ring (bicyclic) bond motifs is 3. The van der Waals surface area contributed by atoms with Crippen molar-refractivity contribution < 1.29 is 29.0 Å². The number of pyridine rings is 1. The number of benzene rings is 1. The van der Waals surface area contributed by atoms with Gasteiger partial charge < -0.3 is 19.9 Å². The Balaban J connectivity index is 1.85. The minimum absolute atomic E-state index is 0.00398. The lowest BCUT2D eigenvalue weighted by atomic mass is 9.94. The number of carboxylic acid groups (broad SMARTS) is 1. The van der Waals surface area contributed by atoms with Crippen LogP contribution in [0.15, 0.2) is 35.7 Å². The Morgan fingerprint density at radius 1 is 1.18 bits per heavy atom. The summed E-state index contributed by atoms with van der Waals surface area (Å²) in [5, 5.41) is 14.7. The molecule has 1 amide bonds. The van der Waals surface area contributed by atoms with E-state index in [0.29, 0.717) is 30.9 Å². The maximum Gasteiger partial charge on any atom is 0.357 e. The molecule has 0 aliphatic carbocycles. The van der Waals surface area contributed by atoms with Crippen LogP contribution >= 0.6 is 11.3 Å². The lowest BCUT2D eigenvalue weighted by molar-refractivity contribution is 0.0593. The van der Waals surface area contributed by atoms with Crippen molar-refractivity contribution in [2.75, 3.05) is 20.3 Å². The number of hydrogen-bond acceptors (Lipinski definition) is 7. The molecule has 0 bridgehead atoms. The van der Waals surface area contributed by atoms with Crippen molar-refractivity contribution in [3.63, 3.8) is 0 Å². The third-order valence-corrected chi connectivity index (χ3v) is 6.57. The van der Waals surface area contributed by atoms with Crippen molar-refractivity contribution in [3.8, 4) is 27.3 Å². The SMILES string of the molecule is CCCCNC(=O)c1ccc(-c2cc3c(cc2C(=O)O)-c2sccc2CCO3)c(C(=O)OC)n1. The monoisotopic (exact) mass is 480 g/mol. The fraction of sp³-hybridized carbons (Fsp3) is 0.280. The van der Waals surface area contributed by atoms with Crippen LogP contribution in [0, 0.1) is 0 Å². The summed E-state index contributed by atoms with van der Waals surface area (Å²) in [7, 11) is 1.21. The molecule has 0 saturated heterocycles.